The molecule has 18 heavy (non-hydrogen) atoms. The number of halogens is 1. The molecule has 1 fully saturated rings. The Labute approximate surface area is 104 Å². The first kappa shape index (κ1) is 12.5. The summed E-state index contributed by atoms with van der Waals surface area (Å²) in [5, 5.41) is 9.56. The summed E-state index contributed by atoms with van der Waals surface area (Å²) in [5.41, 5.74) is -0.320. The third kappa shape index (κ3) is 2.20. The van der Waals surface area contributed by atoms with Crippen LogP contribution in [0, 0.1) is 11.7 Å². The molecule has 0 aromatic heterocycles. The van der Waals surface area contributed by atoms with E-state index in [1.807, 2.05) is 0 Å². The smallest absolute Gasteiger partial charge is 0.260 e. The number of piperidine rings is 1. The van der Waals surface area contributed by atoms with Crippen LogP contribution in [0.2, 0.25) is 0 Å². The first-order valence-electron chi connectivity index (χ1n) is 5.80. The van der Waals surface area contributed by atoms with Crippen LogP contribution in [0.5, 0.6) is 5.75 Å². The summed E-state index contributed by atoms with van der Waals surface area (Å²) < 4.78 is 13.6. The van der Waals surface area contributed by atoms with Crippen molar-refractivity contribution >= 4 is 11.7 Å². The molecule has 1 N–H and O–H groups in total. The van der Waals surface area contributed by atoms with E-state index in [4.69, 9.17) is 0 Å². The van der Waals surface area contributed by atoms with E-state index in [1.54, 1.807) is 6.92 Å². The summed E-state index contributed by atoms with van der Waals surface area (Å²) in [6, 6.07) is 3.74. The number of amides is 1. The Morgan fingerprint density at radius 3 is 2.83 bits per heavy atom. The molecule has 0 aliphatic carbocycles. The first-order chi connectivity index (χ1) is 8.50. The van der Waals surface area contributed by atoms with E-state index in [2.05, 4.69) is 0 Å². The number of hydrogen-bond acceptors (Lipinski definition) is 3. The molecular weight excluding hydrogens is 237 g/mol. The molecule has 0 radical (unpaired) electrons. The predicted octanol–water partition coefficient (Wildman–Crippen LogP) is 1.58. The van der Waals surface area contributed by atoms with Gasteiger partial charge in [0.25, 0.3) is 5.91 Å². The molecule has 1 atom stereocenters. The lowest BCUT2D eigenvalue weighted by molar-refractivity contribution is -0.124. The second-order valence-electron chi connectivity index (χ2n) is 4.50. The molecule has 96 valence electrons. The number of benzene rings is 1. The highest BCUT2D eigenvalue weighted by Gasteiger charge is 2.29. The van der Waals surface area contributed by atoms with Crippen molar-refractivity contribution in [2.45, 2.75) is 13.3 Å². The maximum atomic E-state index is 13.6. The minimum Gasteiger partial charge on any atom is -0.507 e. The third-order valence-electron chi connectivity index (χ3n) is 3.16. The molecule has 1 saturated heterocycles. The van der Waals surface area contributed by atoms with Gasteiger partial charge in [0.1, 0.15) is 22.9 Å². The van der Waals surface area contributed by atoms with Crippen LogP contribution in [-0.4, -0.2) is 34.8 Å². The quantitative estimate of drug-likeness (QED) is 0.824. The van der Waals surface area contributed by atoms with Crippen LogP contribution in [0.3, 0.4) is 0 Å². The van der Waals surface area contributed by atoms with E-state index < -0.39 is 11.7 Å². The fraction of sp³-hybridized carbons (Fsp3) is 0.385. The number of phenols is 1. The number of carbonyl (C=O) groups excluding carboxylic acids is 2. The Morgan fingerprint density at radius 2 is 2.22 bits per heavy atom. The topological polar surface area (TPSA) is 57.6 Å². The second kappa shape index (κ2) is 4.76. The minimum atomic E-state index is -0.746. The van der Waals surface area contributed by atoms with Gasteiger partial charge < -0.3 is 10.0 Å². The Morgan fingerprint density at radius 1 is 1.50 bits per heavy atom. The number of rotatable bonds is 1. The van der Waals surface area contributed by atoms with Gasteiger partial charge in [0, 0.05) is 25.4 Å². The summed E-state index contributed by atoms with van der Waals surface area (Å²) in [4.78, 5) is 24.9. The molecule has 5 heteroatoms. The van der Waals surface area contributed by atoms with Gasteiger partial charge >= 0.3 is 0 Å². The van der Waals surface area contributed by atoms with Gasteiger partial charge in [-0.3, -0.25) is 9.59 Å². The van der Waals surface area contributed by atoms with Crippen LogP contribution in [-0.2, 0) is 4.79 Å². The molecule has 0 saturated carbocycles. The maximum Gasteiger partial charge on any atom is 0.260 e. The molecule has 1 aliphatic rings. The zero-order valence-corrected chi connectivity index (χ0v) is 10.0. The maximum absolute atomic E-state index is 13.6. The fourth-order valence-electron chi connectivity index (χ4n) is 2.08. The standard InChI is InChI=1S/C13H14FNO3/c1-8-7-15(6-5-10(8)16)13(18)12-9(14)3-2-4-11(12)17/h2-4,8,17H,5-7H2,1H3. The molecule has 2 rings (SSSR count). The highest BCUT2D eigenvalue weighted by atomic mass is 19.1. The molecule has 4 nitrogen and oxygen atoms in total. The fourth-order valence-corrected chi connectivity index (χ4v) is 2.08. The number of likely N-dealkylation sites (tertiary alicyclic amines) is 1. The number of carbonyl (C=O) groups is 2. The Kier molecular flexibility index (Phi) is 3.32. The van der Waals surface area contributed by atoms with Crippen LogP contribution < -0.4 is 0 Å². The lowest BCUT2D eigenvalue weighted by Crippen LogP contribution is -2.43. The Hall–Kier alpha value is -1.91. The number of ketones is 1. The van der Waals surface area contributed by atoms with Crippen LogP contribution >= 0.6 is 0 Å². The van der Waals surface area contributed by atoms with Crippen molar-refractivity contribution < 1.29 is 19.1 Å². The average Bonchev–Trinajstić information content (AvgIpc) is 2.32. The van der Waals surface area contributed by atoms with Crippen molar-refractivity contribution in [3.63, 3.8) is 0 Å². The third-order valence-corrected chi connectivity index (χ3v) is 3.16. The van der Waals surface area contributed by atoms with Crippen LogP contribution in [0.1, 0.15) is 23.7 Å². The Bertz CT molecular complexity index is 481. The van der Waals surface area contributed by atoms with Gasteiger partial charge in [0.15, 0.2) is 0 Å². The summed E-state index contributed by atoms with van der Waals surface area (Å²) in [6.45, 7) is 2.28. The molecule has 1 aliphatic heterocycles. The molecule has 1 amide bonds. The highest BCUT2D eigenvalue weighted by Crippen LogP contribution is 2.23. The average molecular weight is 251 g/mol. The van der Waals surface area contributed by atoms with Crippen molar-refractivity contribution in [3.8, 4) is 5.75 Å². The minimum absolute atomic E-state index is 0.108. The van der Waals surface area contributed by atoms with Crippen LogP contribution in [0.25, 0.3) is 0 Å². The molecule has 1 aromatic rings. The van der Waals surface area contributed by atoms with E-state index in [1.165, 1.54) is 17.0 Å². The van der Waals surface area contributed by atoms with Gasteiger partial charge in [-0.1, -0.05) is 13.0 Å². The molecule has 1 aromatic carbocycles. The second-order valence-corrected chi connectivity index (χ2v) is 4.50. The van der Waals surface area contributed by atoms with Gasteiger partial charge in [-0.2, -0.15) is 0 Å². The lowest BCUT2D eigenvalue weighted by atomic mass is 9.98. The first-order valence-corrected chi connectivity index (χ1v) is 5.80. The molecule has 1 unspecified atom stereocenters. The molecular formula is C13H14FNO3. The normalized spacial score (nSPS) is 20.0. The summed E-state index contributed by atoms with van der Waals surface area (Å²) >= 11 is 0. The van der Waals surface area contributed by atoms with Crippen LogP contribution in [0.4, 0.5) is 4.39 Å². The van der Waals surface area contributed by atoms with Crippen molar-refractivity contribution in [3.05, 3.63) is 29.6 Å². The lowest BCUT2D eigenvalue weighted by Gasteiger charge is -2.30. The Balaban J connectivity index is 2.24. The van der Waals surface area contributed by atoms with Gasteiger partial charge in [-0.15, -0.1) is 0 Å². The van der Waals surface area contributed by atoms with Crippen molar-refractivity contribution in [1.82, 2.24) is 4.90 Å². The van der Waals surface area contributed by atoms with Crippen LogP contribution in [0.15, 0.2) is 18.2 Å². The monoisotopic (exact) mass is 251 g/mol. The SMILES string of the molecule is CC1CN(C(=O)c2c(O)cccc2F)CCC1=O. The summed E-state index contributed by atoms with van der Waals surface area (Å²) in [5.74, 6) is -1.81. The number of Topliss-reactive ketones (excluding diaryl/α,β-unsaturated/α-hetero) is 1. The summed E-state index contributed by atoms with van der Waals surface area (Å²) in [6.07, 6.45) is 0.280. The van der Waals surface area contributed by atoms with Crippen molar-refractivity contribution in [2.75, 3.05) is 13.1 Å². The summed E-state index contributed by atoms with van der Waals surface area (Å²) in [7, 11) is 0. The van der Waals surface area contributed by atoms with E-state index in [0.29, 0.717) is 0 Å². The van der Waals surface area contributed by atoms with Gasteiger partial charge in [0.2, 0.25) is 0 Å². The van der Waals surface area contributed by atoms with E-state index >= 15 is 0 Å². The largest absolute Gasteiger partial charge is 0.507 e. The number of nitrogens with zero attached hydrogens (tertiary/aromatic N) is 1. The van der Waals surface area contributed by atoms with Gasteiger partial charge in [-0.05, 0) is 12.1 Å². The highest BCUT2D eigenvalue weighted by molar-refractivity contribution is 5.98. The van der Waals surface area contributed by atoms with Crippen molar-refractivity contribution in [2.24, 2.45) is 5.92 Å². The number of aromatic hydroxyl groups is 1. The zero-order valence-electron chi connectivity index (χ0n) is 10.0. The number of hydrogen-bond donors (Lipinski definition) is 1. The van der Waals surface area contributed by atoms with Gasteiger partial charge in [0.05, 0.1) is 0 Å². The molecule has 1 heterocycles. The van der Waals surface area contributed by atoms with Crippen molar-refractivity contribution in [1.29, 1.82) is 0 Å². The number of phenolic OH excluding ortho intramolecular Hbond substituents is 1. The predicted molar refractivity (Wildman–Crippen MR) is 62.8 cm³/mol. The molecule has 0 bridgehead atoms. The van der Waals surface area contributed by atoms with E-state index in [0.717, 1.165) is 6.07 Å². The van der Waals surface area contributed by atoms with E-state index in [-0.39, 0.29) is 42.5 Å². The zero-order chi connectivity index (χ0) is 13.3. The van der Waals surface area contributed by atoms with E-state index in [9.17, 15) is 19.1 Å². The molecule has 0 spiro atoms. The van der Waals surface area contributed by atoms with Gasteiger partial charge in [-0.25, -0.2) is 4.39 Å².